The Hall–Kier alpha value is -4.25. The van der Waals surface area contributed by atoms with E-state index in [4.69, 9.17) is 9.47 Å². The molecule has 2 aromatic rings. The highest BCUT2D eigenvalue weighted by atomic mass is 16.6. The number of phenolic OH excluding ortho intramolecular Hbond substituents is 3. The summed E-state index contributed by atoms with van der Waals surface area (Å²) in [5, 5.41) is 58.1. The summed E-state index contributed by atoms with van der Waals surface area (Å²) in [5.74, 6) is -6.35. The van der Waals surface area contributed by atoms with E-state index in [1.807, 2.05) is 0 Å². The number of phenols is 3. The van der Waals surface area contributed by atoms with Crippen molar-refractivity contribution in [3.8, 4) is 23.0 Å². The maximum absolute atomic E-state index is 12.1. The number of carboxylic acids is 2. The Labute approximate surface area is 181 Å². The lowest BCUT2D eigenvalue weighted by molar-refractivity contribution is -0.192. The maximum Gasteiger partial charge on any atom is 0.348 e. The number of hydrogen-bond donors (Lipinski definition) is 6. The predicted molar refractivity (Wildman–Crippen MR) is 107 cm³/mol. The molecule has 32 heavy (non-hydrogen) atoms. The predicted octanol–water partition coefficient (Wildman–Crippen LogP) is 0.880. The summed E-state index contributed by atoms with van der Waals surface area (Å²) < 4.78 is 9.57. The minimum atomic E-state index is -3.08. The van der Waals surface area contributed by atoms with Gasteiger partial charge in [0.05, 0.1) is 7.11 Å². The summed E-state index contributed by atoms with van der Waals surface area (Å²) in [4.78, 5) is 35.5. The second-order valence-corrected chi connectivity index (χ2v) is 6.65. The number of carboxylic acid groups (broad SMARTS) is 2. The molecule has 0 heterocycles. The molecule has 0 fully saturated rings. The molecule has 170 valence electrons. The van der Waals surface area contributed by atoms with E-state index in [0.717, 1.165) is 30.4 Å². The van der Waals surface area contributed by atoms with Gasteiger partial charge in [-0.3, -0.25) is 0 Å². The standard InChI is InChI=1S/C21H20O11/c1-31-16-6-3-12(9-15(16)24)10-21(30,20(28)29)18(19(26)27)32-17(25)7-4-11-2-5-13(22)14(23)8-11/h2-9,18,22-24,30H,10H2,1H3,(H,26,27)(H,28,29)/b7-4+/t18-,21-/m1/s1. The molecule has 0 bridgehead atoms. The Balaban J connectivity index is 2.27. The lowest BCUT2D eigenvalue weighted by atomic mass is 9.88. The molecular weight excluding hydrogens is 428 g/mol. The summed E-state index contributed by atoms with van der Waals surface area (Å²) in [6, 6.07) is 7.24. The Morgan fingerprint density at radius 3 is 2.22 bits per heavy atom. The van der Waals surface area contributed by atoms with Crippen LogP contribution < -0.4 is 4.74 Å². The second-order valence-electron chi connectivity index (χ2n) is 6.65. The van der Waals surface area contributed by atoms with Crippen LogP contribution in [0.2, 0.25) is 0 Å². The van der Waals surface area contributed by atoms with E-state index in [0.29, 0.717) is 0 Å². The van der Waals surface area contributed by atoms with Crippen LogP contribution in [0.4, 0.5) is 0 Å². The minimum absolute atomic E-state index is 0.0330. The van der Waals surface area contributed by atoms with Gasteiger partial charge in [-0.05, 0) is 41.5 Å². The van der Waals surface area contributed by atoms with Gasteiger partial charge in [0.1, 0.15) is 0 Å². The number of aliphatic hydroxyl groups is 1. The number of methoxy groups -OCH3 is 1. The van der Waals surface area contributed by atoms with Crippen LogP contribution in [0.5, 0.6) is 23.0 Å². The third kappa shape index (κ3) is 5.46. The molecule has 2 rings (SSSR count). The van der Waals surface area contributed by atoms with Crippen LogP contribution in [0.1, 0.15) is 11.1 Å². The van der Waals surface area contributed by atoms with Crippen LogP contribution in [0.3, 0.4) is 0 Å². The molecule has 11 heteroatoms. The summed E-state index contributed by atoms with van der Waals surface area (Å²) in [6.45, 7) is 0. The van der Waals surface area contributed by atoms with Gasteiger partial charge in [-0.2, -0.15) is 0 Å². The first-order chi connectivity index (χ1) is 15.0. The van der Waals surface area contributed by atoms with Crippen LogP contribution in [0.25, 0.3) is 6.08 Å². The fraction of sp³-hybridized carbons (Fsp3) is 0.190. The largest absolute Gasteiger partial charge is 0.504 e. The number of benzene rings is 2. The smallest absolute Gasteiger partial charge is 0.348 e. The molecule has 0 aliphatic rings. The van der Waals surface area contributed by atoms with Crippen LogP contribution >= 0.6 is 0 Å². The zero-order valence-corrected chi connectivity index (χ0v) is 16.6. The summed E-state index contributed by atoms with van der Waals surface area (Å²) >= 11 is 0. The van der Waals surface area contributed by atoms with Gasteiger partial charge in [0.25, 0.3) is 0 Å². The van der Waals surface area contributed by atoms with E-state index in [9.17, 15) is 45.0 Å². The average molecular weight is 448 g/mol. The number of carbonyl (C=O) groups excluding carboxylic acids is 1. The van der Waals surface area contributed by atoms with Crippen LogP contribution in [-0.4, -0.2) is 67.4 Å². The van der Waals surface area contributed by atoms with E-state index < -0.39 is 47.5 Å². The summed E-state index contributed by atoms with van der Waals surface area (Å²) in [6.07, 6.45) is -1.46. The highest BCUT2D eigenvalue weighted by molar-refractivity contribution is 5.93. The zero-order valence-electron chi connectivity index (χ0n) is 16.6. The van der Waals surface area contributed by atoms with Crippen molar-refractivity contribution in [2.45, 2.75) is 18.1 Å². The van der Waals surface area contributed by atoms with Crippen molar-refractivity contribution in [3.63, 3.8) is 0 Å². The molecule has 0 amide bonds. The zero-order chi connectivity index (χ0) is 24.1. The van der Waals surface area contributed by atoms with Gasteiger partial charge in [-0.15, -0.1) is 0 Å². The molecule has 0 unspecified atom stereocenters. The summed E-state index contributed by atoms with van der Waals surface area (Å²) in [7, 11) is 1.29. The lowest BCUT2D eigenvalue weighted by Gasteiger charge is -2.29. The molecule has 0 spiro atoms. The number of esters is 1. The van der Waals surface area contributed by atoms with Crippen molar-refractivity contribution < 1.29 is 54.5 Å². The molecule has 0 aromatic heterocycles. The van der Waals surface area contributed by atoms with E-state index in [1.54, 1.807) is 0 Å². The SMILES string of the molecule is COc1ccc(C[C@](O)(C(=O)O)[C@H](OC(=O)/C=C/c2ccc(O)c(O)c2)C(=O)O)cc1O. The Morgan fingerprint density at radius 1 is 1.00 bits per heavy atom. The number of carbonyl (C=O) groups is 3. The Morgan fingerprint density at radius 2 is 1.69 bits per heavy atom. The molecule has 6 N–H and O–H groups in total. The van der Waals surface area contributed by atoms with Gasteiger partial charge in [-0.1, -0.05) is 12.1 Å². The highest BCUT2D eigenvalue weighted by Gasteiger charge is 2.51. The first-order valence-electron chi connectivity index (χ1n) is 8.93. The van der Waals surface area contributed by atoms with Gasteiger partial charge in [0.2, 0.25) is 11.7 Å². The van der Waals surface area contributed by atoms with Gasteiger partial charge in [0.15, 0.2) is 23.0 Å². The van der Waals surface area contributed by atoms with Gasteiger partial charge >= 0.3 is 17.9 Å². The first kappa shape index (κ1) is 24.0. The van der Waals surface area contributed by atoms with Gasteiger partial charge in [-0.25, -0.2) is 14.4 Å². The number of ether oxygens (including phenoxy) is 2. The lowest BCUT2D eigenvalue weighted by Crippen LogP contribution is -2.56. The van der Waals surface area contributed by atoms with Gasteiger partial charge in [0, 0.05) is 12.5 Å². The monoisotopic (exact) mass is 448 g/mol. The summed E-state index contributed by atoms with van der Waals surface area (Å²) in [5.41, 5.74) is -2.80. The van der Waals surface area contributed by atoms with Gasteiger partial charge < -0.3 is 40.1 Å². The molecule has 0 aliphatic heterocycles. The van der Waals surface area contributed by atoms with E-state index in [2.05, 4.69) is 0 Å². The molecule has 0 saturated carbocycles. The number of rotatable bonds is 9. The molecule has 0 saturated heterocycles. The normalized spacial score (nSPS) is 13.8. The second kappa shape index (κ2) is 9.71. The topological polar surface area (TPSA) is 191 Å². The molecule has 0 aliphatic carbocycles. The number of hydrogen-bond acceptors (Lipinski definition) is 9. The first-order valence-corrected chi connectivity index (χ1v) is 8.93. The molecule has 0 radical (unpaired) electrons. The van der Waals surface area contributed by atoms with Crippen LogP contribution in [0.15, 0.2) is 42.5 Å². The molecule has 2 atom stereocenters. The maximum atomic E-state index is 12.1. The Bertz CT molecular complexity index is 1060. The fourth-order valence-corrected chi connectivity index (χ4v) is 2.75. The quantitative estimate of drug-likeness (QED) is 0.181. The van der Waals surface area contributed by atoms with E-state index in [-0.39, 0.29) is 22.6 Å². The molecule has 11 nitrogen and oxygen atoms in total. The highest BCUT2D eigenvalue weighted by Crippen LogP contribution is 2.30. The van der Waals surface area contributed by atoms with E-state index in [1.165, 1.54) is 25.3 Å². The van der Waals surface area contributed by atoms with Crippen LogP contribution in [-0.2, 0) is 25.5 Å². The van der Waals surface area contributed by atoms with Crippen molar-refractivity contribution in [2.24, 2.45) is 0 Å². The van der Waals surface area contributed by atoms with Crippen LogP contribution in [0, 0.1) is 0 Å². The number of aromatic hydroxyl groups is 3. The van der Waals surface area contributed by atoms with Crippen molar-refractivity contribution in [3.05, 3.63) is 53.6 Å². The van der Waals surface area contributed by atoms with Crippen molar-refractivity contribution >= 4 is 24.0 Å². The van der Waals surface area contributed by atoms with Crippen molar-refractivity contribution in [2.75, 3.05) is 7.11 Å². The minimum Gasteiger partial charge on any atom is -0.504 e. The number of aliphatic carboxylic acids is 2. The third-order valence-electron chi connectivity index (χ3n) is 4.39. The van der Waals surface area contributed by atoms with Crippen molar-refractivity contribution in [1.29, 1.82) is 0 Å². The Kier molecular flexibility index (Phi) is 7.29. The third-order valence-corrected chi connectivity index (χ3v) is 4.39. The fourth-order valence-electron chi connectivity index (χ4n) is 2.75. The molecule has 2 aromatic carbocycles. The average Bonchev–Trinajstić information content (AvgIpc) is 2.72. The van der Waals surface area contributed by atoms with E-state index >= 15 is 0 Å². The van der Waals surface area contributed by atoms with Crippen molar-refractivity contribution in [1.82, 2.24) is 0 Å². The molecular formula is C21H20O11.